The summed E-state index contributed by atoms with van der Waals surface area (Å²) >= 11 is 12.1. The Morgan fingerprint density at radius 1 is 1.05 bits per heavy atom. The van der Waals surface area contributed by atoms with E-state index in [0.717, 1.165) is 16.8 Å². The highest BCUT2D eigenvalue weighted by molar-refractivity contribution is 6.38. The zero-order valence-electron chi connectivity index (χ0n) is 9.78. The molecule has 1 amide bonds. The van der Waals surface area contributed by atoms with Crippen LogP contribution in [0.5, 0.6) is 0 Å². The fourth-order valence-corrected chi connectivity index (χ4v) is 2.41. The topological polar surface area (TPSA) is 29.1 Å². The Bertz CT molecular complexity index is 707. The highest BCUT2D eigenvalue weighted by Crippen LogP contribution is 2.35. The molecule has 1 N–H and O–H groups in total. The molecule has 1 heterocycles. The van der Waals surface area contributed by atoms with E-state index < -0.39 is 0 Å². The monoisotopic (exact) mass is 289 g/mol. The molecule has 1 aliphatic rings. The summed E-state index contributed by atoms with van der Waals surface area (Å²) in [5.74, 6) is -0.141. The second-order valence-electron chi connectivity index (χ2n) is 4.22. The van der Waals surface area contributed by atoms with Crippen LogP contribution >= 0.6 is 23.2 Å². The fourth-order valence-electron chi connectivity index (χ4n) is 2.05. The van der Waals surface area contributed by atoms with Crippen LogP contribution in [0.2, 0.25) is 10.0 Å². The van der Waals surface area contributed by atoms with Gasteiger partial charge in [0, 0.05) is 26.9 Å². The van der Waals surface area contributed by atoms with Gasteiger partial charge in [-0.15, -0.1) is 0 Å². The molecule has 0 saturated carbocycles. The average molecular weight is 290 g/mol. The minimum Gasteiger partial charge on any atom is -0.321 e. The summed E-state index contributed by atoms with van der Waals surface area (Å²) in [6.07, 6.45) is 1.78. The summed E-state index contributed by atoms with van der Waals surface area (Å²) < 4.78 is 0. The van der Waals surface area contributed by atoms with Gasteiger partial charge in [-0.1, -0.05) is 41.4 Å². The Morgan fingerprint density at radius 2 is 1.84 bits per heavy atom. The molecule has 2 aromatic rings. The molecule has 3 rings (SSSR count). The summed E-state index contributed by atoms with van der Waals surface area (Å²) in [5.41, 5.74) is 2.96. The van der Waals surface area contributed by atoms with Crippen LogP contribution in [0.15, 0.2) is 42.5 Å². The first-order valence-corrected chi connectivity index (χ1v) is 6.48. The Morgan fingerprint density at radius 3 is 2.63 bits per heavy atom. The number of nitrogens with one attached hydrogen (secondary N) is 1. The number of carbonyl (C=O) groups is 1. The quantitative estimate of drug-likeness (QED) is 0.770. The highest BCUT2D eigenvalue weighted by Gasteiger charge is 2.24. The van der Waals surface area contributed by atoms with E-state index in [0.29, 0.717) is 15.6 Å². The van der Waals surface area contributed by atoms with Crippen molar-refractivity contribution in [1.29, 1.82) is 0 Å². The molecule has 19 heavy (non-hydrogen) atoms. The van der Waals surface area contributed by atoms with Gasteiger partial charge in [0.15, 0.2) is 0 Å². The number of benzene rings is 2. The molecule has 0 saturated heterocycles. The molecule has 1 aliphatic heterocycles. The van der Waals surface area contributed by atoms with E-state index in [1.165, 1.54) is 0 Å². The smallest absolute Gasteiger partial charge is 0.256 e. The van der Waals surface area contributed by atoms with Crippen molar-refractivity contribution in [1.82, 2.24) is 0 Å². The summed E-state index contributed by atoms with van der Waals surface area (Å²) in [7, 11) is 0. The van der Waals surface area contributed by atoms with Gasteiger partial charge in [-0.2, -0.15) is 0 Å². The minimum absolute atomic E-state index is 0.141. The molecule has 0 fully saturated rings. The second-order valence-corrected chi connectivity index (χ2v) is 5.07. The van der Waals surface area contributed by atoms with Crippen molar-refractivity contribution in [3.05, 3.63) is 63.6 Å². The minimum atomic E-state index is -0.141. The van der Waals surface area contributed by atoms with Crippen molar-refractivity contribution in [3.63, 3.8) is 0 Å². The van der Waals surface area contributed by atoms with Gasteiger partial charge in [-0.25, -0.2) is 0 Å². The van der Waals surface area contributed by atoms with E-state index in [2.05, 4.69) is 5.32 Å². The number of carbonyl (C=O) groups excluding carboxylic acids is 1. The lowest BCUT2D eigenvalue weighted by Gasteiger charge is -2.01. The fraction of sp³-hybridized carbons (Fsp3) is 0. The zero-order valence-corrected chi connectivity index (χ0v) is 11.3. The molecule has 0 atom stereocenters. The Labute approximate surface area is 120 Å². The molecular formula is C15H9Cl2NO. The number of halogens is 2. The van der Waals surface area contributed by atoms with Gasteiger partial charge in [0.05, 0.1) is 0 Å². The van der Waals surface area contributed by atoms with Crippen LogP contribution in [-0.2, 0) is 4.79 Å². The largest absolute Gasteiger partial charge is 0.321 e. The van der Waals surface area contributed by atoms with E-state index in [-0.39, 0.29) is 5.91 Å². The molecular weight excluding hydrogens is 281 g/mol. The van der Waals surface area contributed by atoms with Crippen LogP contribution in [0, 0.1) is 0 Å². The van der Waals surface area contributed by atoms with Gasteiger partial charge >= 0.3 is 0 Å². The third kappa shape index (κ3) is 2.25. The van der Waals surface area contributed by atoms with Crippen LogP contribution in [-0.4, -0.2) is 5.91 Å². The van der Waals surface area contributed by atoms with Crippen LogP contribution < -0.4 is 5.32 Å². The SMILES string of the molecule is O=C1Nc2ccc(Cl)cc2C1=Cc1ccccc1Cl. The lowest BCUT2D eigenvalue weighted by molar-refractivity contribution is -0.110. The standard InChI is InChI=1S/C15H9Cl2NO/c16-10-5-6-14-11(8-10)12(15(19)18-14)7-9-3-1-2-4-13(9)17/h1-8H,(H,18,19). The van der Waals surface area contributed by atoms with E-state index in [9.17, 15) is 4.79 Å². The maximum atomic E-state index is 12.0. The van der Waals surface area contributed by atoms with Gasteiger partial charge in [-0.3, -0.25) is 4.79 Å². The Hall–Kier alpha value is -1.77. The van der Waals surface area contributed by atoms with Crippen LogP contribution in [0.25, 0.3) is 11.6 Å². The maximum absolute atomic E-state index is 12.0. The van der Waals surface area contributed by atoms with E-state index in [1.54, 1.807) is 30.3 Å². The van der Waals surface area contributed by atoms with Crippen molar-refractivity contribution >= 4 is 46.4 Å². The highest BCUT2D eigenvalue weighted by atomic mass is 35.5. The molecule has 2 aromatic carbocycles. The first-order valence-electron chi connectivity index (χ1n) is 5.72. The predicted molar refractivity (Wildman–Crippen MR) is 79.4 cm³/mol. The molecule has 94 valence electrons. The number of anilines is 1. The number of fused-ring (bicyclic) bond motifs is 1. The summed E-state index contributed by atoms with van der Waals surface area (Å²) in [6.45, 7) is 0. The first kappa shape index (κ1) is 12.3. The molecule has 0 unspecified atom stereocenters. The lowest BCUT2D eigenvalue weighted by atomic mass is 10.0. The number of rotatable bonds is 1. The van der Waals surface area contributed by atoms with Gasteiger partial charge in [0.25, 0.3) is 5.91 Å². The van der Waals surface area contributed by atoms with Crippen molar-refractivity contribution in [2.75, 3.05) is 5.32 Å². The lowest BCUT2D eigenvalue weighted by Crippen LogP contribution is -2.03. The normalized spacial score (nSPS) is 15.5. The van der Waals surface area contributed by atoms with Gasteiger partial charge in [0.1, 0.15) is 0 Å². The molecule has 0 spiro atoms. The van der Waals surface area contributed by atoms with Crippen molar-refractivity contribution in [2.45, 2.75) is 0 Å². The number of hydrogen-bond acceptors (Lipinski definition) is 1. The van der Waals surface area contributed by atoms with Crippen molar-refractivity contribution in [3.8, 4) is 0 Å². The zero-order chi connectivity index (χ0) is 13.4. The van der Waals surface area contributed by atoms with E-state index >= 15 is 0 Å². The summed E-state index contributed by atoms with van der Waals surface area (Å²) in [4.78, 5) is 12.0. The van der Waals surface area contributed by atoms with Gasteiger partial charge in [-0.05, 0) is 35.9 Å². The molecule has 4 heteroatoms. The number of amides is 1. The molecule has 0 radical (unpaired) electrons. The van der Waals surface area contributed by atoms with Gasteiger partial charge < -0.3 is 5.32 Å². The summed E-state index contributed by atoms with van der Waals surface area (Å²) in [5, 5.41) is 4.01. The molecule has 0 bridgehead atoms. The second kappa shape index (κ2) is 4.72. The maximum Gasteiger partial charge on any atom is 0.256 e. The number of hydrogen-bond donors (Lipinski definition) is 1. The molecule has 0 aliphatic carbocycles. The van der Waals surface area contributed by atoms with Crippen molar-refractivity contribution in [2.24, 2.45) is 0 Å². The van der Waals surface area contributed by atoms with Crippen LogP contribution in [0.4, 0.5) is 5.69 Å². The van der Waals surface area contributed by atoms with Crippen molar-refractivity contribution < 1.29 is 4.79 Å². The summed E-state index contributed by atoms with van der Waals surface area (Å²) in [6, 6.07) is 12.7. The van der Waals surface area contributed by atoms with E-state index in [4.69, 9.17) is 23.2 Å². The third-order valence-electron chi connectivity index (χ3n) is 2.97. The Kier molecular flexibility index (Phi) is 3.05. The Balaban J connectivity index is 2.14. The molecule has 2 nitrogen and oxygen atoms in total. The third-order valence-corrected chi connectivity index (χ3v) is 3.55. The first-order chi connectivity index (χ1) is 9.15. The molecule has 0 aromatic heterocycles. The predicted octanol–water partition coefficient (Wildman–Crippen LogP) is 4.49. The van der Waals surface area contributed by atoms with Crippen LogP contribution in [0.3, 0.4) is 0 Å². The van der Waals surface area contributed by atoms with Gasteiger partial charge in [0.2, 0.25) is 0 Å². The van der Waals surface area contributed by atoms with E-state index in [1.807, 2.05) is 18.2 Å². The van der Waals surface area contributed by atoms with Crippen LogP contribution in [0.1, 0.15) is 11.1 Å². The average Bonchev–Trinajstić information content (AvgIpc) is 2.69.